The Balaban J connectivity index is 1.61. The van der Waals surface area contributed by atoms with Gasteiger partial charge in [0.1, 0.15) is 5.75 Å². The Bertz CT molecular complexity index is 590. The Hall–Kier alpha value is -1.85. The van der Waals surface area contributed by atoms with Crippen molar-refractivity contribution in [1.82, 2.24) is 4.90 Å². The lowest BCUT2D eigenvalue weighted by Crippen LogP contribution is -2.40. The lowest BCUT2D eigenvalue weighted by molar-refractivity contribution is -0.146. The van der Waals surface area contributed by atoms with E-state index in [1.807, 2.05) is 24.3 Å². The summed E-state index contributed by atoms with van der Waals surface area (Å²) in [7, 11) is 1.66. The molecule has 1 spiro atoms. The molecule has 0 radical (unpaired) electrons. The minimum absolute atomic E-state index is 0.113. The van der Waals surface area contributed by atoms with Crippen LogP contribution in [-0.4, -0.2) is 55.9 Å². The molecule has 130 valence electrons. The van der Waals surface area contributed by atoms with Gasteiger partial charge < -0.3 is 14.6 Å². The van der Waals surface area contributed by atoms with Gasteiger partial charge in [-0.1, -0.05) is 24.3 Å². The molecule has 2 aliphatic heterocycles. The topological polar surface area (TPSA) is 59.0 Å². The van der Waals surface area contributed by atoms with Gasteiger partial charge in [-0.3, -0.25) is 9.69 Å². The number of hydrogen-bond acceptors (Lipinski definition) is 4. The van der Waals surface area contributed by atoms with E-state index >= 15 is 0 Å². The molecule has 2 saturated heterocycles. The van der Waals surface area contributed by atoms with E-state index in [1.54, 1.807) is 7.11 Å². The zero-order chi connectivity index (χ0) is 17.0. The van der Waals surface area contributed by atoms with Crippen molar-refractivity contribution in [2.45, 2.75) is 12.8 Å². The highest BCUT2D eigenvalue weighted by atomic mass is 16.5. The van der Waals surface area contributed by atoms with Crippen LogP contribution in [0.3, 0.4) is 0 Å². The number of carbonyl (C=O) groups is 1. The number of aliphatic carboxylic acids is 1. The van der Waals surface area contributed by atoms with Crippen LogP contribution in [0.1, 0.15) is 18.4 Å². The third-order valence-corrected chi connectivity index (χ3v) is 5.29. The molecule has 5 heteroatoms. The number of hydrogen-bond donors (Lipinski definition) is 1. The predicted octanol–water partition coefficient (Wildman–Crippen LogP) is 2.52. The smallest absolute Gasteiger partial charge is 0.308 e. The molecule has 0 aromatic heterocycles. The quantitative estimate of drug-likeness (QED) is 0.898. The predicted molar refractivity (Wildman–Crippen MR) is 92.1 cm³/mol. The van der Waals surface area contributed by atoms with E-state index in [9.17, 15) is 9.90 Å². The second kappa shape index (κ2) is 7.36. The molecular weight excluding hydrogens is 306 g/mol. The lowest BCUT2D eigenvalue weighted by atomic mass is 9.72. The van der Waals surface area contributed by atoms with Crippen LogP contribution in [0.15, 0.2) is 30.3 Å². The van der Waals surface area contributed by atoms with Gasteiger partial charge in [0.25, 0.3) is 0 Å². The van der Waals surface area contributed by atoms with Gasteiger partial charge in [0.05, 0.1) is 13.0 Å². The summed E-state index contributed by atoms with van der Waals surface area (Å²) in [4.78, 5) is 13.9. The molecule has 3 rings (SSSR count). The fraction of sp³-hybridized carbons (Fsp3) is 0.526. The van der Waals surface area contributed by atoms with Crippen molar-refractivity contribution in [3.63, 3.8) is 0 Å². The summed E-state index contributed by atoms with van der Waals surface area (Å²) >= 11 is 0. The highest BCUT2D eigenvalue weighted by Crippen LogP contribution is 2.44. The van der Waals surface area contributed by atoms with Crippen LogP contribution in [0.25, 0.3) is 6.08 Å². The number of carboxylic acids is 1. The van der Waals surface area contributed by atoms with E-state index in [0.29, 0.717) is 19.8 Å². The van der Waals surface area contributed by atoms with Crippen LogP contribution in [-0.2, 0) is 9.53 Å². The maximum atomic E-state index is 11.7. The van der Waals surface area contributed by atoms with E-state index in [1.165, 1.54) is 0 Å². The first-order valence-corrected chi connectivity index (χ1v) is 8.46. The summed E-state index contributed by atoms with van der Waals surface area (Å²) in [6.07, 6.45) is 5.88. The molecule has 0 saturated carbocycles. The van der Waals surface area contributed by atoms with Crippen LogP contribution in [0.5, 0.6) is 5.75 Å². The molecule has 1 aromatic rings. The van der Waals surface area contributed by atoms with E-state index in [4.69, 9.17) is 9.47 Å². The Morgan fingerprint density at radius 3 is 2.71 bits per heavy atom. The zero-order valence-corrected chi connectivity index (χ0v) is 14.1. The largest absolute Gasteiger partial charge is 0.497 e. The number of nitrogens with zero attached hydrogens (tertiary/aromatic N) is 1. The lowest BCUT2D eigenvalue weighted by Gasteiger charge is -2.36. The van der Waals surface area contributed by atoms with E-state index in [2.05, 4.69) is 17.1 Å². The van der Waals surface area contributed by atoms with Crippen LogP contribution in [0.2, 0.25) is 0 Å². The van der Waals surface area contributed by atoms with Crippen LogP contribution < -0.4 is 4.74 Å². The van der Waals surface area contributed by atoms with E-state index in [-0.39, 0.29) is 11.3 Å². The SMILES string of the molecule is COc1ccc(/C=C/CN2CC(C(=O)O)C3(CCOCC3)C2)cc1. The average molecular weight is 331 g/mol. The minimum Gasteiger partial charge on any atom is -0.497 e. The van der Waals surface area contributed by atoms with Gasteiger partial charge in [-0.05, 0) is 30.5 Å². The maximum Gasteiger partial charge on any atom is 0.308 e. The molecule has 2 aliphatic rings. The number of likely N-dealkylation sites (tertiary alicyclic amines) is 1. The third-order valence-electron chi connectivity index (χ3n) is 5.29. The zero-order valence-electron chi connectivity index (χ0n) is 14.1. The summed E-state index contributed by atoms with van der Waals surface area (Å²) in [5, 5.41) is 9.60. The van der Waals surface area contributed by atoms with Crippen molar-refractivity contribution >= 4 is 12.0 Å². The third kappa shape index (κ3) is 3.62. The van der Waals surface area contributed by atoms with Crippen molar-refractivity contribution in [3.8, 4) is 5.75 Å². The number of benzene rings is 1. The molecule has 2 heterocycles. The van der Waals surface area contributed by atoms with Gasteiger partial charge in [0.2, 0.25) is 0 Å². The molecule has 24 heavy (non-hydrogen) atoms. The minimum atomic E-state index is -0.668. The van der Waals surface area contributed by atoms with E-state index < -0.39 is 5.97 Å². The number of ether oxygens (including phenoxy) is 2. The Morgan fingerprint density at radius 1 is 1.38 bits per heavy atom. The van der Waals surface area contributed by atoms with Gasteiger partial charge in [0.15, 0.2) is 0 Å². The molecule has 1 N–H and O–H groups in total. The summed E-state index contributed by atoms with van der Waals surface area (Å²) in [6.45, 7) is 3.61. The summed E-state index contributed by atoms with van der Waals surface area (Å²) in [5.41, 5.74) is 1.00. The molecule has 0 bridgehead atoms. The highest BCUT2D eigenvalue weighted by molar-refractivity contribution is 5.72. The average Bonchev–Trinajstić information content (AvgIpc) is 2.94. The van der Waals surface area contributed by atoms with Gasteiger partial charge in [-0.25, -0.2) is 0 Å². The standard InChI is InChI=1S/C19H25NO4/c1-23-16-6-4-15(5-7-16)3-2-10-20-13-17(18(21)22)19(14-20)8-11-24-12-9-19/h2-7,17H,8-14H2,1H3,(H,21,22)/b3-2+. The number of carboxylic acid groups (broad SMARTS) is 1. The van der Waals surface area contributed by atoms with E-state index in [0.717, 1.165) is 37.2 Å². The molecule has 1 unspecified atom stereocenters. The van der Waals surface area contributed by atoms with Crippen molar-refractivity contribution in [1.29, 1.82) is 0 Å². The molecule has 2 fully saturated rings. The second-order valence-corrected chi connectivity index (χ2v) is 6.74. The number of methoxy groups -OCH3 is 1. The van der Waals surface area contributed by atoms with Crippen LogP contribution in [0.4, 0.5) is 0 Å². The first-order valence-electron chi connectivity index (χ1n) is 8.46. The first-order chi connectivity index (χ1) is 11.6. The van der Waals surface area contributed by atoms with Crippen molar-refractivity contribution in [3.05, 3.63) is 35.9 Å². The maximum absolute atomic E-state index is 11.7. The molecule has 5 nitrogen and oxygen atoms in total. The molecule has 1 atom stereocenters. The van der Waals surface area contributed by atoms with Crippen LogP contribution in [0, 0.1) is 11.3 Å². The Morgan fingerprint density at radius 2 is 2.08 bits per heavy atom. The Kier molecular flexibility index (Phi) is 5.21. The summed E-state index contributed by atoms with van der Waals surface area (Å²) < 4.78 is 10.6. The van der Waals surface area contributed by atoms with Crippen molar-refractivity contribution in [2.75, 3.05) is 40.0 Å². The second-order valence-electron chi connectivity index (χ2n) is 6.74. The van der Waals surface area contributed by atoms with Crippen LogP contribution >= 0.6 is 0 Å². The summed E-state index contributed by atoms with van der Waals surface area (Å²) in [6, 6.07) is 7.90. The monoisotopic (exact) mass is 331 g/mol. The summed E-state index contributed by atoms with van der Waals surface area (Å²) in [5.74, 6) is -0.105. The van der Waals surface area contributed by atoms with Gasteiger partial charge >= 0.3 is 5.97 Å². The Labute approximate surface area is 142 Å². The van der Waals surface area contributed by atoms with Crippen molar-refractivity contribution < 1.29 is 19.4 Å². The first kappa shape index (κ1) is 17.0. The van der Waals surface area contributed by atoms with Gasteiger partial charge in [0, 0.05) is 38.3 Å². The molecule has 0 amide bonds. The normalized spacial score (nSPS) is 23.8. The van der Waals surface area contributed by atoms with Gasteiger partial charge in [-0.15, -0.1) is 0 Å². The molecule has 1 aromatic carbocycles. The molecule has 0 aliphatic carbocycles. The fourth-order valence-corrected chi connectivity index (χ4v) is 3.89. The van der Waals surface area contributed by atoms with Gasteiger partial charge in [-0.2, -0.15) is 0 Å². The van der Waals surface area contributed by atoms with Crippen molar-refractivity contribution in [2.24, 2.45) is 11.3 Å². The number of rotatable bonds is 5. The molecular formula is C19H25NO4. The highest BCUT2D eigenvalue weighted by Gasteiger charge is 2.50. The fourth-order valence-electron chi connectivity index (χ4n) is 3.89.